The molecule has 0 radical (unpaired) electrons. The Morgan fingerprint density at radius 2 is 1.79 bits per heavy atom. The highest BCUT2D eigenvalue weighted by Gasteiger charge is 2.35. The minimum atomic E-state index is -4.49. The van der Waals surface area contributed by atoms with Crippen LogP contribution in [0.2, 0.25) is 0 Å². The zero-order chi connectivity index (χ0) is 31.4. The number of carboxylic acid groups (broad SMARTS) is 1. The molecule has 1 heterocycles. The van der Waals surface area contributed by atoms with Crippen molar-refractivity contribution in [3.63, 3.8) is 0 Å². The maximum absolute atomic E-state index is 13.9. The third-order valence-corrected chi connectivity index (χ3v) is 7.25. The summed E-state index contributed by atoms with van der Waals surface area (Å²) >= 11 is 0. The second-order valence-corrected chi connectivity index (χ2v) is 11.8. The maximum Gasteiger partial charge on any atom is 0.417 e. The Balaban J connectivity index is 1.43. The summed E-state index contributed by atoms with van der Waals surface area (Å²) in [6, 6.07) is 9.44. The number of carbonyl (C=O) groups excluding carboxylic acids is 2. The number of carbonyl (C=O) groups is 3. The zero-order valence-electron chi connectivity index (χ0n) is 24.6. The van der Waals surface area contributed by atoms with Gasteiger partial charge in [-0.1, -0.05) is 18.2 Å². The molecule has 8 nitrogen and oxygen atoms in total. The van der Waals surface area contributed by atoms with Crippen LogP contribution in [0.5, 0.6) is 5.75 Å². The molecular weight excluding hydrogens is 565 g/mol. The van der Waals surface area contributed by atoms with Gasteiger partial charge in [0, 0.05) is 18.8 Å². The number of nitrogens with zero attached hydrogens (tertiary/aromatic N) is 2. The van der Waals surface area contributed by atoms with Crippen molar-refractivity contribution in [1.82, 2.24) is 4.90 Å². The Bertz CT molecular complexity index is 1400. The SMILES string of the molecule is CC(C)(C)OC(=O)N(CCC(=O)O)CC(=O)N1CCc2cc(OCc3ccc(C4=CCCCC4)c(C(F)(F)F)c3)ccc21. The highest BCUT2D eigenvalue weighted by Crippen LogP contribution is 2.39. The van der Waals surface area contributed by atoms with Crippen molar-refractivity contribution in [1.29, 1.82) is 0 Å². The van der Waals surface area contributed by atoms with Gasteiger partial charge in [0.15, 0.2) is 0 Å². The number of ether oxygens (including phenoxy) is 2. The minimum absolute atomic E-state index is 0.0573. The number of carboxylic acids is 1. The van der Waals surface area contributed by atoms with Crippen molar-refractivity contribution >= 4 is 29.2 Å². The van der Waals surface area contributed by atoms with Crippen LogP contribution < -0.4 is 9.64 Å². The standard InChI is InChI=1S/C32H37F3N2O6/c1-31(2,3)43-30(41)36(15-14-29(39)40)19-28(38)37-16-13-23-18-24(10-12-27(23)37)42-20-21-9-11-25(22-7-5-4-6-8-22)26(17-21)32(33,34)35/h7,9-12,17-18H,4-6,8,13-16,19-20H2,1-3H3,(H,39,40). The Labute approximate surface area is 249 Å². The summed E-state index contributed by atoms with van der Waals surface area (Å²) in [6.07, 6.45) is 0.0935. The van der Waals surface area contributed by atoms with E-state index >= 15 is 0 Å². The molecule has 4 rings (SSSR count). The average Bonchev–Trinajstić information content (AvgIpc) is 3.36. The zero-order valence-corrected chi connectivity index (χ0v) is 24.6. The van der Waals surface area contributed by atoms with E-state index < -0.39 is 35.3 Å². The first-order valence-corrected chi connectivity index (χ1v) is 14.4. The molecule has 0 bridgehead atoms. The van der Waals surface area contributed by atoms with Crippen LogP contribution in [-0.2, 0) is 33.5 Å². The molecule has 1 aliphatic heterocycles. The Morgan fingerprint density at radius 3 is 2.44 bits per heavy atom. The third-order valence-electron chi connectivity index (χ3n) is 7.25. The van der Waals surface area contributed by atoms with E-state index in [2.05, 4.69) is 0 Å². The molecule has 43 heavy (non-hydrogen) atoms. The van der Waals surface area contributed by atoms with E-state index in [0.717, 1.165) is 41.4 Å². The lowest BCUT2D eigenvalue weighted by atomic mass is 9.90. The summed E-state index contributed by atoms with van der Waals surface area (Å²) in [7, 11) is 0. The fourth-order valence-electron chi connectivity index (χ4n) is 5.21. The molecule has 1 N–H and O–H groups in total. The number of alkyl halides is 3. The van der Waals surface area contributed by atoms with Crippen LogP contribution in [0.4, 0.5) is 23.7 Å². The summed E-state index contributed by atoms with van der Waals surface area (Å²) in [5.41, 5.74) is 1.33. The second kappa shape index (κ2) is 13.1. The quantitative estimate of drug-likeness (QED) is 0.338. The number of halogens is 3. The van der Waals surface area contributed by atoms with Crippen LogP contribution in [0.15, 0.2) is 42.5 Å². The van der Waals surface area contributed by atoms with Gasteiger partial charge in [0.05, 0.1) is 12.0 Å². The second-order valence-electron chi connectivity index (χ2n) is 11.8. The number of aliphatic carboxylic acids is 1. The van der Waals surface area contributed by atoms with Gasteiger partial charge in [0.2, 0.25) is 5.91 Å². The van der Waals surface area contributed by atoms with Crippen LogP contribution in [0.25, 0.3) is 5.57 Å². The summed E-state index contributed by atoms with van der Waals surface area (Å²) in [4.78, 5) is 39.5. The fourth-order valence-corrected chi connectivity index (χ4v) is 5.21. The summed E-state index contributed by atoms with van der Waals surface area (Å²) < 4.78 is 53.0. The van der Waals surface area contributed by atoms with Crippen molar-refractivity contribution in [3.05, 3.63) is 64.7 Å². The van der Waals surface area contributed by atoms with E-state index in [1.165, 1.54) is 11.0 Å². The molecule has 1 aliphatic carbocycles. The van der Waals surface area contributed by atoms with Crippen LogP contribution in [0, 0.1) is 0 Å². The summed E-state index contributed by atoms with van der Waals surface area (Å²) in [6.45, 7) is 4.80. The van der Waals surface area contributed by atoms with Crippen molar-refractivity contribution in [2.45, 2.75) is 77.7 Å². The van der Waals surface area contributed by atoms with E-state index in [1.54, 1.807) is 45.0 Å². The lowest BCUT2D eigenvalue weighted by Gasteiger charge is -2.28. The van der Waals surface area contributed by atoms with Gasteiger partial charge in [-0.05, 0) is 99.4 Å². The van der Waals surface area contributed by atoms with Gasteiger partial charge < -0.3 is 19.5 Å². The maximum atomic E-state index is 13.9. The van der Waals surface area contributed by atoms with Gasteiger partial charge >= 0.3 is 18.2 Å². The molecule has 232 valence electrons. The number of hydrogen-bond donors (Lipinski definition) is 1. The number of hydrogen-bond acceptors (Lipinski definition) is 5. The van der Waals surface area contributed by atoms with Crippen molar-refractivity contribution < 1.29 is 42.1 Å². The Hall–Kier alpha value is -4.02. The van der Waals surface area contributed by atoms with E-state index in [0.29, 0.717) is 36.4 Å². The number of benzene rings is 2. The molecule has 11 heteroatoms. The molecule has 2 amide bonds. The minimum Gasteiger partial charge on any atom is -0.489 e. The van der Waals surface area contributed by atoms with E-state index in [9.17, 15) is 27.6 Å². The molecule has 2 aromatic rings. The predicted octanol–water partition coefficient (Wildman–Crippen LogP) is 6.84. The number of rotatable bonds is 9. The average molecular weight is 603 g/mol. The van der Waals surface area contributed by atoms with Gasteiger partial charge in [-0.15, -0.1) is 0 Å². The van der Waals surface area contributed by atoms with Crippen LogP contribution in [-0.4, -0.2) is 53.2 Å². The largest absolute Gasteiger partial charge is 0.489 e. The van der Waals surface area contributed by atoms with Crippen LogP contribution in [0.1, 0.15) is 75.1 Å². The fraction of sp³-hybridized carbons (Fsp3) is 0.469. The van der Waals surface area contributed by atoms with Crippen LogP contribution in [0.3, 0.4) is 0 Å². The molecule has 2 aliphatic rings. The third kappa shape index (κ3) is 8.52. The number of allylic oxidation sites excluding steroid dienone is 2. The monoisotopic (exact) mass is 602 g/mol. The molecule has 0 saturated carbocycles. The highest BCUT2D eigenvalue weighted by atomic mass is 19.4. The normalized spacial score (nSPS) is 15.0. The Morgan fingerprint density at radius 1 is 1.02 bits per heavy atom. The smallest absolute Gasteiger partial charge is 0.417 e. The molecule has 0 spiro atoms. The first-order valence-electron chi connectivity index (χ1n) is 14.4. The number of fused-ring (bicyclic) bond motifs is 1. The van der Waals surface area contributed by atoms with Crippen LogP contribution >= 0.6 is 0 Å². The van der Waals surface area contributed by atoms with Crippen molar-refractivity contribution in [2.24, 2.45) is 0 Å². The summed E-state index contributed by atoms with van der Waals surface area (Å²) in [5.74, 6) is -1.04. The van der Waals surface area contributed by atoms with Gasteiger partial charge in [-0.3, -0.25) is 14.5 Å². The Kier molecular flexibility index (Phi) is 9.72. The van der Waals surface area contributed by atoms with E-state index in [-0.39, 0.29) is 31.7 Å². The number of anilines is 1. The first-order chi connectivity index (χ1) is 20.2. The van der Waals surface area contributed by atoms with E-state index in [1.807, 2.05) is 6.08 Å². The molecule has 0 aromatic heterocycles. The molecule has 0 fully saturated rings. The van der Waals surface area contributed by atoms with Gasteiger partial charge in [0.25, 0.3) is 0 Å². The molecule has 0 atom stereocenters. The predicted molar refractivity (Wildman–Crippen MR) is 155 cm³/mol. The molecule has 0 saturated heterocycles. The lowest BCUT2D eigenvalue weighted by Crippen LogP contribution is -2.45. The number of amides is 2. The van der Waals surface area contributed by atoms with Crippen molar-refractivity contribution in [2.75, 3.05) is 24.5 Å². The van der Waals surface area contributed by atoms with Gasteiger partial charge in [0.1, 0.15) is 24.5 Å². The van der Waals surface area contributed by atoms with Gasteiger partial charge in [-0.25, -0.2) is 4.79 Å². The molecule has 0 unspecified atom stereocenters. The lowest BCUT2D eigenvalue weighted by molar-refractivity contribution is -0.138. The van der Waals surface area contributed by atoms with Crippen molar-refractivity contribution in [3.8, 4) is 5.75 Å². The molecule has 2 aromatic carbocycles. The molecular formula is C32H37F3N2O6. The topological polar surface area (TPSA) is 96.4 Å². The van der Waals surface area contributed by atoms with Gasteiger partial charge in [-0.2, -0.15) is 13.2 Å². The van der Waals surface area contributed by atoms with E-state index in [4.69, 9.17) is 14.6 Å². The summed E-state index contributed by atoms with van der Waals surface area (Å²) in [5, 5.41) is 9.07. The highest BCUT2D eigenvalue weighted by molar-refractivity contribution is 5.98. The first kappa shape index (κ1) is 31.9.